The van der Waals surface area contributed by atoms with Gasteiger partial charge in [0.15, 0.2) is 0 Å². The molecule has 0 radical (unpaired) electrons. The summed E-state index contributed by atoms with van der Waals surface area (Å²) in [7, 11) is 0. The molecule has 0 spiro atoms. The van der Waals surface area contributed by atoms with Crippen molar-refractivity contribution in [3.8, 4) is 0 Å². The predicted molar refractivity (Wildman–Crippen MR) is 54.8 cm³/mol. The highest BCUT2D eigenvalue weighted by atomic mass is 15.4. The molecule has 0 aromatic heterocycles. The molecule has 12 heavy (non-hydrogen) atoms. The lowest BCUT2D eigenvalue weighted by Crippen LogP contribution is -2.53. The minimum Gasteiger partial charge on any atom is -0.311 e. The standard InChI is InChI=1S/C10H25N2/c1-4-7-12(10-11,8-5-2)9-6-3/h4-11H2,1-3H3/q+1. The first-order chi connectivity index (χ1) is 5.74. The Morgan fingerprint density at radius 2 is 1.17 bits per heavy atom. The van der Waals surface area contributed by atoms with E-state index in [9.17, 15) is 0 Å². The van der Waals surface area contributed by atoms with Crippen molar-refractivity contribution in [2.75, 3.05) is 26.3 Å². The molecule has 2 heteroatoms. The Bertz CT molecular complexity index is 85.0. The molecule has 0 aromatic rings. The number of hydrogen-bond donors (Lipinski definition) is 1. The largest absolute Gasteiger partial charge is 0.311 e. The molecule has 0 unspecified atom stereocenters. The summed E-state index contributed by atoms with van der Waals surface area (Å²) in [5, 5.41) is 0. The van der Waals surface area contributed by atoms with Crippen LogP contribution >= 0.6 is 0 Å². The number of rotatable bonds is 7. The van der Waals surface area contributed by atoms with E-state index in [1.807, 2.05) is 0 Å². The fraction of sp³-hybridized carbons (Fsp3) is 1.00. The Morgan fingerprint density at radius 1 is 0.833 bits per heavy atom. The van der Waals surface area contributed by atoms with Gasteiger partial charge in [0.2, 0.25) is 0 Å². The van der Waals surface area contributed by atoms with Crippen LogP contribution in [0.1, 0.15) is 40.0 Å². The molecule has 2 nitrogen and oxygen atoms in total. The van der Waals surface area contributed by atoms with Crippen LogP contribution in [0.5, 0.6) is 0 Å². The summed E-state index contributed by atoms with van der Waals surface area (Å²) in [6.45, 7) is 11.3. The second-order valence-electron chi connectivity index (χ2n) is 3.70. The van der Waals surface area contributed by atoms with Crippen LogP contribution in [-0.2, 0) is 0 Å². The summed E-state index contributed by atoms with van der Waals surface area (Å²) in [6, 6.07) is 0. The molecule has 0 atom stereocenters. The van der Waals surface area contributed by atoms with Crippen molar-refractivity contribution in [2.45, 2.75) is 40.0 Å². The lowest BCUT2D eigenvalue weighted by molar-refractivity contribution is -0.928. The summed E-state index contributed by atoms with van der Waals surface area (Å²) >= 11 is 0. The molecule has 0 bridgehead atoms. The highest BCUT2D eigenvalue weighted by Gasteiger charge is 2.21. The Hall–Kier alpha value is -0.0800. The van der Waals surface area contributed by atoms with Crippen LogP contribution in [0, 0.1) is 0 Å². The Morgan fingerprint density at radius 3 is 1.33 bits per heavy atom. The quantitative estimate of drug-likeness (QED) is 0.462. The Balaban J connectivity index is 4.06. The minimum atomic E-state index is 0.815. The normalized spacial score (nSPS) is 12.0. The topological polar surface area (TPSA) is 26.0 Å². The van der Waals surface area contributed by atoms with E-state index in [1.54, 1.807) is 0 Å². The SMILES string of the molecule is CCC[N+](CN)(CCC)CCC. The van der Waals surface area contributed by atoms with Gasteiger partial charge in [0.1, 0.15) is 6.67 Å². The van der Waals surface area contributed by atoms with Gasteiger partial charge in [-0.05, 0) is 19.3 Å². The van der Waals surface area contributed by atoms with Crippen LogP contribution in [0.3, 0.4) is 0 Å². The number of quaternary nitrogens is 1. The number of nitrogens with zero attached hydrogens (tertiary/aromatic N) is 1. The van der Waals surface area contributed by atoms with Crippen LogP contribution in [0.2, 0.25) is 0 Å². The first-order valence-corrected chi connectivity index (χ1v) is 5.29. The molecule has 0 fully saturated rings. The highest BCUT2D eigenvalue weighted by Crippen LogP contribution is 2.08. The second kappa shape index (κ2) is 6.44. The zero-order chi connectivity index (χ0) is 9.45. The van der Waals surface area contributed by atoms with Gasteiger partial charge >= 0.3 is 0 Å². The van der Waals surface area contributed by atoms with Crippen molar-refractivity contribution in [1.82, 2.24) is 0 Å². The predicted octanol–water partition coefficient (Wildman–Crippen LogP) is 1.95. The van der Waals surface area contributed by atoms with Crippen LogP contribution in [0.25, 0.3) is 0 Å². The maximum atomic E-state index is 5.84. The van der Waals surface area contributed by atoms with Gasteiger partial charge < -0.3 is 4.48 Å². The fourth-order valence-electron chi connectivity index (χ4n) is 2.03. The number of nitrogens with two attached hydrogens (primary N) is 1. The zero-order valence-corrected chi connectivity index (χ0v) is 8.97. The second-order valence-corrected chi connectivity index (χ2v) is 3.70. The van der Waals surface area contributed by atoms with Gasteiger partial charge in [0.25, 0.3) is 0 Å². The lowest BCUT2D eigenvalue weighted by atomic mass is 10.2. The lowest BCUT2D eigenvalue weighted by Gasteiger charge is -2.36. The summed E-state index contributed by atoms with van der Waals surface area (Å²) in [5.41, 5.74) is 5.84. The average Bonchev–Trinajstić information content (AvgIpc) is 2.06. The van der Waals surface area contributed by atoms with Gasteiger partial charge in [0, 0.05) is 0 Å². The molecule has 0 aromatic carbocycles. The van der Waals surface area contributed by atoms with Gasteiger partial charge in [-0.3, -0.25) is 5.73 Å². The van der Waals surface area contributed by atoms with Gasteiger partial charge in [-0.1, -0.05) is 20.8 Å². The van der Waals surface area contributed by atoms with Gasteiger partial charge in [-0.25, -0.2) is 0 Å². The van der Waals surface area contributed by atoms with Crippen LogP contribution in [0.4, 0.5) is 0 Å². The van der Waals surface area contributed by atoms with Crippen molar-refractivity contribution in [2.24, 2.45) is 5.73 Å². The third-order valence-corrected chi connectivity index (χ3v) is 2.48. The highest BCUT2D eigenvalue weighted by molar-refractivity contribution is 4.41. The van der Waals surface area contributed by atoms with Crippen molar-refractivity contribution in [1.29, 1.82) is 0 Å². The van der Waals surface area contributed by atoms with Crippen molar-refractivity contribution in [3.05, 3.63) is 0 Å². The maximum Gasteiger partial charge on any atom is 0.130 e. The number of hydrogen-bond acceptors (Lipinski definition) is 1. The molecule has 2 N–H and O–H groups in total. The zero-order valence-electron chi connectivity index (χ0n) is 8.97. The molecular formula is C10H25N2+. The first kappa shape index (κ1) is 11.9. The van der Waals surface area contributed by atoms with E-state index in [-0.39, 0.29) is 0 Å². The molecule has 0 saturated heterocycles. The molecule has 0 heterocycles. The van der Waals surface area contributed by atoms with Crippen molar-refractivity contribution in [3.63, 3.8) is 0 Å². The summed E-state index contributed by atoms with van der Waals surface area (Å²) in [5.74, 6) is 0. The average molecular weight is 173 g/mol. The molecule has 74 valence electrons. The van der Waals surface area contributed by atoms with Crippen molar-refractivity contribution < 1.29 is 4.48 Å². The Kier molecular flexibility index (Phi) is 6.39. The van der Waals surface area contributed by atoms with E-state index in [0.29, 0.717) is 0 Å². The van der Waals surface area contributed by atoms with Gasteiger partial charge in [0.05, 0.1) is 19.6 Å². The molecule has 0 rings (SSSR count). The van der Waals surface area contributed by atoms with E-state index < -0.39 is 0 Å². The third kappa shape index (κ3) is 3.55. The van der Waals surface area contributed by atoms with E-state index in [0.717, 1.165) is 11.2 Å². The molecule has 0 aliphatic heterocycles. The third-order valence-electron chi connectivity index (χ3n) is 2.48. The minimum absolute atomic E-state index is 0.815. The molecule has 0 aliphatic carbocycles. The summed E-state index contributed by atoms with van der Waals surface area (Å²) in [4.78, 5) is 0. The van der Waals surface area contributed by atoms with Crippen LogP contribution in [-0.4, -0.2) is 30.8 Å². The Labute approximate surface area is 77.3 Å². The maximum absolute atomic E-state index is 5.84. The summed E-state index contributed by atoms with van der Waals surface area (Å²) in [6.07, 6.45) is 3.74. The van der Waals surface area contributed by atoms with Gasteiger partial charge in [-0.2, -0.15) is 0 Å². The van der Waals surface area contributed by atoms with Crippen LogP contribution < -0.4 is 5.73 Å². The molecule has 0 saturated carbocycles. The molecule has 0 amide bonds. The van der Waals surface area contributed by atoms with Gasteiger partial charge in [-0.15, -0.1) is 0 Å². The summed E-state index contributed by atoms with van der Waals surface area (Å²) < 4.78 is 1.13. The van der Waals surface area contributed by atoms with E-state index >= 15 is 0 Å². The molecular weight excluding hydrogens is 148 g/mol. The monoisotopic (exact) mass is 173 g/mol. The van der Waals surface area contributed by atoms with E-state index in [2.05, 4.69) is 20.8 Å². The first-order valence-electron chi connectivity index (χ1n) is 5.29. The van der Waals surface area contributed by atoms with E-state index in [4.69, 9.17) is 5.73 Å². The van der Waals surface area contributed by atoms with Crippen molar-refractivity contribution >= 4 is 0 Å². The smallest absolute Gasteiger partial charge is 0.130 e. The van der Waals surface area contributed by atoms with E-state index in [1.165, 1.54) is 38.9 Å². The van der Waals surface area contributed by atoms with Crippen LogP contribution in [0.15, 0.2) is 0 Å². The molecule has 0 aliphatic rings. The fourth-order valence-corrected chi connectivity index (χ4v) is 2.03.